The number of hydrogen-bond acceptors (Lipinski definition) is 3. The molecule has 0 amide bonds. The number of pyridine rings is 2. The maximum atomic E-state index is 13.5. The van der Waals surface area contributed by atoms with Gasteiger partial charge >= 0.3 is 0 Å². The lowest BCUT2D eigenvalue weighted by Crippen LogP contribution is -2.12. The topological polar surface area (TPSA) is 39.9 Å². The number of nitrogens with zero attached hydrogens (tertiary/aromatic N) is 3. The van der Waals surface area contributed by atoms with E-state index >= 15 is 0 Å². The smallest absolute Gasteiger partial charge is 0.133 e. The molecule has 0 unspecified atom stereocenters. The Hall–Kier alpha value is -3.47. The van der Waals surface area contributed by atoms with Crippen molar-refractivity contribution in [1.82, 2.24) is 14.7 Å². The second-order valence-corrected chi connectivity index (χ2v) is 6.00. The summed E-state index contributed by atoms with van der Waals surface area (Å²) in [5.74, 6) is -0.273. The minimum atomic E-state index is -0.273. The van der Waals surface area contributed by atoms with Crippen LogP contribution in [0, 0.1) is 5.82 Å². The molecule has 0 aliphatic heterocycles. The molecule has 27 heavy (non-hydrogen) atoms. The molecular weight excluding hydrogens is 341 g/mol. The van der Waals surface area contributed by atoms with Crippen LogP contribution in [-0.4, -0.2) is 21.3 Å². The van der Waals surface area contributed by atoms with Crippen molar-refractivity contribution in [2.24, 2.45) is 0 Å². The van der Waals surface area contributed by atoms with Gasteiger partial charge in [0.1, 0.15) is 23.5 Å². The van der Waals surface area contributed by atoms with Gasteiger partial charge in [0.2, 0.25) is 0 Å². The zero-order valence-electron chi connectivity index (χ0n) is 14.8. The summed E-state index contributed by atoms with van der Waals surface area (Å²) in [6, 6.07) is 14.1. The van der Waals surface area contributed by atoms with Crippen molar-refractivity contribution in [2.75, 3.05) is 6.61 Å². The van der Waals surface area contributed by atoms with E-state index in [4.69, 9.17) is 4.84 Å². The number of allylic oxidation sites excluding steroid dienone is 1. The minimum Gasteiger partial charge on any atom is -0.409 e. The Morgan fingerprint density at radius 2 is 1.78 bits per heavy atom. The highest BCUT2D eigenvalue weighted by atomic mass is 19.1. The van der Waals surface area contributed by atoms with Gasteiger partial charge < -0.3 is 4.84 Å². The van der Waals surface area contributed by atoms with Crippen LogP contribution in [-0.2, 0) is 0 Å². The summed E-state index contributed by atoms with van der Waals surface area (Å²) in [5.41, 5.74) is 5.24. The molecule has 0 saturated carbocycles. The van der Waals surface area contributed by atoms with Crippen molar-refractivity contribution in [3.05, 3.63) is 85.1 Å². The van der Waals surface area contributed by atoms with Gasteiger partial charge in [-0.25, -0.2) is 4.39 Å². The predicted molar refractivity (Wildman–Crippen MR) is 105 cm³/mol. The molecule has 4 aromatic rings. The van der Waals surface area contributed by atoms with Gasteiger partial charge in [-0.15, -0.1) is 0 Å². The number of fused-ring (bicyclic) bond motifs is 1. The highest BCUT2D eigenvalue weighted by molar-refractivity contribution is 6.01. The number of aromatic nitrogens is 3. The van der Waals surface area contributed by atoms with Gasteiger partial charge in [0.25, 0.3) is 0 Å². The Bertz CT molecular complexity index is 1090. The molecule has 0 radical (unpaired) electrons. The Labute approximate surface area is 156 Å². The first kappa shape index (κ1) is 17.0. The molecule has 0 aliphatic rings. The van der Waals surface area contributed by atoms with Crippen molar-refractivity contribution in [1.29, 1.82) is 0 Å². The van der Waals surface area contributed by atoms with Crippen LogP contribution in [0.15, 0.2) is 79.3 Å². The van der Waals surface area contributed by atoms with E-state index in [0.717, 1.165) is 33.4 Å². The van der Waals surface area contributed by atoms with Crippen LogP contribution in [0.2, 0.25) is 0 Å². The average Bonchev–Trinajstić information content (AvgIpc) is 3.04. The molecule has 0 spiro atoms. The van der Waals surface area contributed by atoms with E-state index in [-0.39, 0.29) is 5.82 Å². The van der Waals surface area contributed by atoms with Crippen LogP contribution in [0.1, 0.15) is 6.92 Å². The van der Waals surface area contributed by atoms with Crippen molar-refractivity contribution in [3.8, 4) is 22.4 Å². The Morgan fingerprint density at radius 3 is 2.52 bits per heavy atom. The van der Waals surface area contributed by atoms with Gasteiger partial charge in [-0.05, 0) is 55.0 Å². The summed E-state index contributed by atoms with van der Waals surface area (Å²) in [4.78, 5) is 14.8. The predicted octanol–water partition coefficient (Wildman–Crippen LogP) is 4.91. The van der Waals surface area contributed by atoms with Gasteiger partial charge in [-0.3, -0.25) is 9.97 Å². The fraction of sp³-hybridized carbons (Fsp3) is 0.0909. The monoisotopic (exact) mass is 359 g/mol. The minimum absolute atomic E-state index is 0.273. The highest BCUT2D eigenvalue weighted by Gasteiger charge is 2.22. The molecule has 0 atom stereocenters. The van der Waals surface area contributed by atoms with Crippen molar-refractivity contribution in [3.63, 3.8) is 0 Å². The van der Waals surface area contributed by atoms with E-state index in [2.05, 4.69) is 9.97 Å². The zero-order valence-corrected chi connectivity index (χ0v) is 14.8. The second kappa shape index (κ2) is 7.41. The molecular formula is C22H18FN3O. The Morgan fingerprint density at radius 1 is 1.00 bits per heavy atom. The Kier molecular flexibility index (Phi) is 4.66. The number of benzene rings is 1. The molecule has 0 N–H and O–H groups in total. The Balaban J connectivity index is 2.04. The SMILES string of the molecule is C/C=C/COn1c(-c2ccncc2)c(-c2ccc(F)cc2)c2ncccc21. The summed E-state index contributed by atoms with van der Waals surface area (Å²) >= 11 is 0. The fourth-order valence-electron chi connectivity index (χ4n) is 3.10. The number of hydrogen-bond donors (Lipinski definition) is 0. The van der Waals surface area contributed by atoms with Crippen LogP contribution >= 0.6 is 0 Å². The lowest BCUT2D eigenvalue weighted by Gasteiger charge is -2.12. The van der Waals surface area contributed by atoms with Crippen LogP contribution in [0.4, 0.5) is 4.39 Å². The molecule has 4 rings (SSSR count). The molecule has 0 aliphatic carbocycles. The van der Waals surface area contributed by atoms with E-state index in [1.54, 1.807) is 35.5 Å². The van der Waals surface area contributed by atoms with Crippen molar-refractivity contribution >= 4 is 11.0 Å². The second-order valence-electron chi connectivity index (χ2n) is 6.00. The standard InChI is InChI=1S/C22H18FN3O/c1-2-3-15-27-26-19-5-4-12-25-21(19)20(16-6-8-18(23)9-7-16)22(26)17-10-13-24-14-11-17/h2-14H,15H2,1H3/b3-2+. The molecule has 3 heterocycles. The molecule has 0 bridgehead atoms. The van der Waals surface area contributed by atoms with Crippen LogP contribution in [0.5, 0.6) is 0 Å². The van der Waals surface area contributed by atoms with Gasteiger partial charge in [0.15, 0.2) is 0 Å². The number of halogens is 1. The lowest BCUT2D eigenvalue weighted by molar-refractivity contribution is 0.150. The van der Waals surface area contributed by atoms with Gasteiger partial charge in [0, 0.05) is 29.7 Å². The largest absolute Gasteiger partial charge is 0.409 e. The first-order valence-electron chi connectivity index (χ1n) is 8.70. The van der Waals surface area contributed by atoms with Crippen molar-refractivity contribution < 1.29 is 9.23 Å². The summed E-state index contributed by atoms with van der Waals surface area (Å²) < 4.78 is 15.3. The van der Waals surface area contributed by atoms with Gasteiger partial charge in [-0.1, -0.05) is 18.2 Å². The maximum absolute atomic E-state index is 13.5. The molecule has 134 valence electrons. The summed E-state index contributed by atoms with van der Waals surface area (Å²) in [7, 11) is 0. The van der Waals surface area contributed by atoms with E-state index in [0.29, 0.717) is 6.61 Å². The molecule has 5 heteroatoms. The molecule has 1 aromatic carbocycles. The normalized spacial score (nSPS) is 11.3. The third kappa shape index (κ3) is 3.19. The molecule has 0 fully saturated rings. The first-order valence-corrected chi connectivity index (χ1v) is 8.70. The lowest BCUT2D eigenvalue weighted by atomic mass is 10.0. The average molecular weight is 359 g/mol. The summed E-state index contributed by atoms with van der Waals surface area (Å²) in [6.07, 6.45) is 9.12. The van der Waals surface area contributed by atoms with Crippen molar-refractivity contribution in [2.45, 2.75) is 6.92 Å². The summed E-state index contributed by atoms with van der Waals surface area (Å²) in [6.45, 7) is 2.38. The summed E-state index contributed by atoms with van der Waals surface area (Å²) in [5, 5.41) is 0. The van der Waals surface area contributed by atoms with E-state index in [1.165, 1.54) is 12.1 Å². The zero-order chi connectivity index (χ0) is 18.6. The van der Waals surface area contributed by atoms with Crippen LogP contribution in [0.25, 0.3) is 33.4 Å². The fourth-order valence-corrected chi connectivity index (χ4v) is 3.10. The highest BCUT2D eigenvalue weighted by Crippen LogP contribution is 2.39. The molecule has 4 nitrogen and oxygen atoms in total. The van der Waals surface area contributed by atoms with E-state index in [9.17, 15) is 4.39 Å². The maximum Gasteiger partial charge on any atom is 0.133 e. The molecule has 3 aromatic heterocycles. The molecule has 0 saturated heterocycles. The van der Waals surface area contributed by atoms with Gasteiger partial charge in [0.05, 0.1) is 5.69 Å². The van der Waals surface area contributed by atoms with E-state index in [1.807, 2.05) is 43.3 Å². The van der Waals surface area contributed by atoms with Gasteiger partial charge in [-0.2, -0.15) is 4.73 Å². The number of rotatable bonds is 5. The third-order valence-corrected chi connectivity index (χ3v) is 4.30. The first-order chi connectivity index (χ1) is 13.3. The van der Waals surface area contributed by atoms with E-state index < -0.39 is 0 Å². The van der Waals surface area contributed by atoms with Crippen LogP contribution in [0.3, 0.4) is 0 Å². The third-order valence-electron chi connectivity index (χ3n) is 4.30. The van der Waals surface area contributed by atoms with Crippen LogP contribution < -0.4 is 4.84 Å². The quantitative estimate of drug-likeness (QED) is 0.475.